The first-order chi connectivity index (χ1) is 32.5. The Morgan fingerprint density at radius 2 is 0.971 bits per heavy atom. The summed E-state index contributed by atoms with van der Waals surface area (Å²) in [4.78, 5) is 86.7. The number of nitrogens with zero attached hydrogens (tertiary/aromatic N) is 6. The Kier molecular flexibility index (Phi) is 17.7. The van der Waals surface area contributed by atoms with Crippen molar-refractivity contribution < 1.29 is 33.5 Å². The third-order valence-corrected chi connectivity index (χ3v) is 13.3. The number of amides is 3. The molecule has 0 unspecified atom stereocenters. The molecular formula is C49H45Cl4N7O7S2. The van der Waals surface area contributed by atoms with Gasteiger partial charge in [0.05, 0.1) is 31.6 Å². The maximum absolute atomic E-state index is 13.4. The Balaban J connectivity index is 0.000000258. The number of hydrogen-bond donors (Lipinski definition) is 1. The van der Waals surface area contributed by atoms with Crippen molar-refractivity contribution in [2.45, 2.75) is 90.1 Å². The largest absolute Gasteiger partial charge is 0.469 e. The van der Waals surface area contributed by atoms with E-state index in [4.69, 9.17) is 89.7 Å². The van der Waals surface area contributed by atoms with Crippen molar-refractivity contribution in [1.82, 2.24) is 0 Å². The highest BCUT2D eigenvalue weighted by molar-refractivity contribution is 7.81. The van der Waals surface area contributed by atoms with Crippen LogP contribution in [-0.4, -0.2) is 63.7 Å². The molecule has 2 saturated heterocycles. The van der Waals surface area contributed by atoms with E-state index in [9.17, 15) is 28.8 Å². The van der Waals surface area contributed by atoms with Crippen LogP contribution >= 0.6 is 70.8 Å². The molecule has 0 atom stereocenters. The van der Waals surface area contributed by atoms with Gasteiger partial charge in [-0.3, -0.25) is 38.6 Å². The highest BCUT2D eigenvalue weighted by Gasteiger charge is 2.51. The van der Waals surface area contributed by atoms with Gasteiger partial charge in [0.1, 0.15) is 22.6 Å². The molecule has 4 aromatic rings. The van der Waals surface area contributed by atoms with Crippen LogP contribution in [0.3, 0.4) is 0 Å². The number of benzene rings is 4. The molecule has 2 fully saturated rings. The maximum atomic E-state index is 13.4. The summed E-state index contributed by atoms with van der Waals surface area (Å²) in [6.07, 6.45) is 1.69. The molecule has 0 bridgehead atoms. The summed E-state index contributed by atoms with van der Waals surface area (Å²) in [5, 5.41) is 1.76. The lowest BCUT2D eigenvalue weighted by molar-refractivity contribution is -0.140. The number of primary amides is 1. The fourth-order valence-corrected chi connectivity index (χ4v) is 9.47. The lowest BCUT2D eigenvalue weighted by Gasteiger charge is -2.30. The van der Waals surface area contributed by atoms with Crippen LogP contribution in [0.25, 0.3) is 9.69 Å². The normalized spacial score (nSPS) is 14.8. The van der Waals surface area contributed by atoms with Crippen molar-refractivity contribution in [2.24, 2.45) is 5.73 Å². The second-order valence-corrected chi connectivity index (χ2v) is 19.2. The number of ketones is 2. The molecule has 358 valence electrons. The predicted octanol–water partition coefficient (Wildman–Crippen LogP) is 11.1. The van der Waals surface area contributed by atoms with Crippen LogP contribution in [-0.2, 0) is 46.3 Å². The number of Topliss-reactive ketones (excluding diaryl/α,β-unsaturated/α-hetero) is 2. The zero-order valence-electron chi connectivity index (χ0n) is 38.0. The molecule has 0 spiro atoms. The molecule has 4 aromatic carbocycles. The van der Waals surface area contributed by atoms with Gasteiger partial charge in [-0.1, -0.05) is 58.5 Å². The number of carbonyl (C=O) groups excluding carboxylic acids is 6. The lowest BCUT2D eigenvalue weighted by atomic mass is 10.0. The summed E-state index contributed by atoms with van der Waals surface area (Å²) >= 11 is 36.5. The summed E-state index contributed by atoms with van der Waals surface area (Å²) in [5.74, 6) is -1.47. The van der Waals surface area contributed by atoms with Gasteiger partial charge in [-0.15, -0.1) is 0 Å². The molecule has 2 aliphatic rings. The minimum atomic E-state index is -1.03. The van der Waals surface area contributed by atoms with E-state index in [2.05, 4.69) is 14.4 Å². The van der Waals surface area contributed by atoms with Crippen molar-refractivity contribution in [3.63, 3.8) is 0 Å². The van der Waals surface area contributed by atoms with E-state index >= 15 is 0 Å². The number of hydrogen-bond acceptors (Lipinski definition) is 9. The summed E-state index contributed by atoms with van der Waals surface area (Å²) in [5.41, 5.74) is 6.97. The van der Waals surface area contributed by atoms with Crippen molar-refractivity contribution in [3.05, 3.63) is 127 Å². The molecule has 6 rings (SSSR count). The van der Waals surface area contributed by atoms with Gasteiger partial charge in [0.25, 0.3) is 11.8 Å². The Labute approximate surface area is 430 Å². The summed E-state index contributed by atoms with van der Waals surface area (Å²) in [7, 11) is 1.31. The number of esters is 1. The molecule has 0 aliphatic carbocycles. The van der Waals surface area contributed by atoms with Gasteiger partial charge in [-0.05, 0) is 137 Å². The van der Waals surface area contributed by atoms with E-state index in [0.29, 0.717) is 56.8 Å². The van der Waals surface area contributed by atoms with Crippen LogP contribution < -0.4 is 25.3 Å². The first-order valence-electron chi connectivity index (χ1n) is 21.1. The minimum Gasteiger partial charge on any atom is -0.469 e. The molecule has 0 saturated carbocycles. The first-order valence-corrected chi connectivity index (χ1v) is 23.5. The summed E-state index contributed by atoms with van der Waals surface area (Å²) < 4.78 is 4.60. The number of ether oxygens (including phenoxy) is 1. The standard InChI is InChI=1S/C25H23Cl2N3O4S.C24H22Cl2N4O3S/c1-25(2)23(33)29(16-9-11-21(28-3)20(27)14-16)24(35)30(25)17-8-10-19(26)15(12-17)13-18(31)6-5-7-22(32)34-4;1-24(2)22(33)29(15-8-10-20(28-3)19(26)13-15)23(34)30(24)16-7-9-18(25)14(11-16)12-17(31)5-4-6-21(27)32/h8-12,14H,5-7,13H2,1-2,4H3;7-11,13H,4-6,12H2,1-2H3,(H2,27,32). The van der Waals surface area contributed by atoms with Gasteiger partial charge in [0, 0.05) is 70.0 Å². The van der Waals surface area contributed by atoms with Crippen molar-refractivity contribution in [2.75, 3.05) is 26.7 Å². The number of methoxy groups -OCH3 is 1. The topological polar surface area (TPSA) is 159 Å². The molecule has 2 aliphatic heterocycles. The number of halogens is 4. The Bertz CT molecular complexity index is 2880. The maximum Gasteiger partial charge on any atom is 0.305 e. The molecule has 14 nitrogen and oxygen atoms in total. The molecule has 20 heteroatoms. The van der Waals surface area contributed by atoms with Crippen LogP contribution in [0.4, 0.5) is 34.1 Å². The van der Waals surface area contributed by atoms with Gasteiger partial charge in [-0.2, -0.15) is 0 Å². The average Bonchev–Trinajstić information content (AvgIpc) is 3.58. The van der Waals surface area contributed by atoms with E-state index in [1.54, 1.807) is 104 Å². The third kappa shape index (κ3) is 12.1. The van der Waals surface area contributed by atoms with Crippen molar-refractivity contribution in [1.29, 1.82) is 0 Å². The van der Waals surface area contributed by atoms with Gasteiger partial charge in [-0.25, -0.2) is 9.69 Å². The molecular weight excluding hydrogens is 1000 g/mol. The fraction of sp³-hybridized carbons (Fsp3) is 0.306. The fourth-order valence-electron chi connectivity index (χ4n) is 7.63. The van der Waals surface area contributed by atoms with Crippen molar-refractivity contribution in [3.8, 4) is 0 Å². The Morgan fingerprint density at radius 1 is 0.594 bits per heavy atom. The number of nitrogens with two attached hydrogens (primary N) is 1. The third-order valence-electron chi connectivity index (χ3n) is 11.2. The second kappa shape index (κ2) is 22.6. The van der Waals surface area contributed by atoms with E-state index < -0.39 is 17.0 Å². The van der Waals surface area contributed by atoms with Gasteiger partial charge >= 0.3 is 5.97 Å². The van der Waals surface area contributed by atoms with Crippen LogP contribution in [0.5, 0.6) is 0 Å². The number of carbonyl (C=O) groups is 6. The highest BCUT2D eigenvalue weighted by Crippen LogP contribution is 2.41. The first kappa shape index (κ1) is 54.0. The van der Waals surface area contributed by atoms with Crippen LogP contribution in [0.1, 0.15) is 77.3 Å². The van der Waals surface area contributed by atoms with Crippen LogP contribution in [0, 0.1) is 13.1 Å². The molecule has 2 heterocycles. The van der Waals surface area contributed by atoms with E-state index in [0.717, 1.165) is 0 Å². The highest BCUT2D eigenvalue weighted by atomic mass is 35.5. The minimum absolute atomic E-state index is 0.0662. The Morgan fingerprint density at radius 3 is 1.32 bits per heavy atom. The van der Waals surface area contributed by atoms with E-state index in [-0.39, 0.29) is 99.5 Å². The number of anilines is 4. The van der Waals surface area contributed by atoms with Crippen LogP contribution in [0.15, 0.2) is 72.8 Å². The predicted molar refractivity (Wildman–Crippen MR) is 278 cm³/mol. The second-order valence-electron chi connectivity index (χ2n) is 16.9. The molecule has 2 N–H and O–H groups in total. The quantitative estimate of drug-likeness (QED) is 0.0646. The van der Waals surface area contributed by atoms with Gasteiger partial charge in [0.2, 0.25) is 17.3 Å². The van der Waals surface area contributed by atoms with Gasteiger partial charge in [0.15, 0.2) is 10.2 Å². The Hall–Kier alpha value is -5.98. The van der Waals surface area contributed by atoms with E-state index in [1.165, 1.54) is 23.0 Å². The van der Waals surface area contributed by atoms with Gasteiger partial charge < -0.3 is 20.3 Å². The number of thiocarbonyl (C=S) groups is 2. The zero-order valence-corrected chi connectivity index (χ0v) is 42.7. The molecule has 69 heavy (non-hydrogen) atoms. The monoisotopic (exact) mass is 1050 g/mol. The van der Waals surface area contributed by atoms with Crippen molar-refractivity contribution >= 4 is 150 Å². The zero-order chi connectivity index (χ0) is 51.1. The van der Waals surface area contributed by atoms with E-state index in [1.807, 2.05) is 0 Å². The smallest absolute Gasteiger partial charge is 0.305 e. The number of rotatable bonds is 16. The summed E-state index contributed by atoms with van der Waals surface area (Å²) in [6, 6.07) is 19.7. The SMILES string of the molecule is [C-]#[N+]c1ccc(N2C(=O)C(C)(C)N(c3ccc(Cl)c(CC(=O)CCCC(=O)OC)c3)C2=S)cc1Cl.[C-]#[N+]c1ccc(N2C(=O)C(C)(C)N(c3ccc(Cl)c(CC(=O)CCCC(N)=O)c3)C2=S)cc1Cl. The molecule has 0 aromatic heterocycles. The molecule has 3 amide bonds. The average molecular weight is 1050 g/mol. The molecule has 0 radical (unpaired) electrons. The van der Waals surface area contributed by atoms with Crippen LogP contribution in [0.2, 0.25) is 20.1 Å². The summed E-state index contributed by atoms with van der Waals surface area (Å²) in [6.45, 7) is 21.3. The lowest BCUT2D eigenvalue weighted by Crippen LogP contribution is -2.44.